The van der Waals surface area contributed by atoms with Gasteiger partial charge in [-0.25, -0.2) is 9.59 Å². The summed E-state index contributed by atoms with van der Waals surface area (Å²) in [5.41, 5.74) is 4.65. The van der Waals surface area contributed by atoms with E-state index < -0.39 is 19.2 Å². The van der Waals surface area contributed by atoms with Crippen LogP contribution in [0, 0.1) is 0 Å². The van der Waals surface area contributed by atoms with Crippen LogP contribution >= 0.6 is 7.14 Å². The minimum Gasteiger partial charge on any atom is -0.478 e. The Kier molecular flexibility index (Phi) is 5.42. The molecule has 0 saturated heterocycles. The zero-order valence-corrected chi connectivity index (χ0v) is 18.1. The molecular formula is C24H22NO5P. The summed E-state index contributed by atoms with van der Waals surface area (Å²) in [4.78, 5) is 23.9. The first-order valence-corrected chi connectivity index (χ1v) is 12.4. The molecule has 0 aromatic heterocycles. The van der Waals surface area contributed by atoms with E-state index >= 15 is 0 Å². The van der Waals surface area contributed by atoms with E-state index in [2.05, 4.69) is 17.4 Å². The molecule has 0 saturated carbocycles. The van der Waals surface area contributed by atoms with E-state index in [1.54, 1.807) is 13.3 Å². The summed E-state index contributed by atoms with van der Waals surface area (Å²) in [7, 11) is -2.72. The van der Waals surface area contributed by atoms with Gasteiger partial charge in [-0.15, -0.1) is 0 Å². The number of hydrogen-bond donors (Lipinski definition) is 2. The summed E-state index contributed by atoms with van der Waals surface area (Å²) >= 11 is 0. The minimum absolute atomic E-state index is 0.0460. The van der Waals surface area contributed by atoms with E-state index in [0.29, 0.717) is 5.30 Å². The lowest BCUT2D eigenvalue weighted by atomic mass is 9.98. The number of rotatable bonds is 5. The Bertz CT molecular complexity index is 1180. The zero-order valence-electron chi connectivity index (χ0n) is 17.2. The number of carboxylic acid groups (broad SMARTS) is 1. The standard InChI is InChI=1S/C24H22NO5P/c1-31(2,29)17-12-15(23(26)27)11-16(13-17)25-24(28)30-14-22-20-9-5-3-7-18(20)19-8-4-6-10-21(19)22/h3-13,22H,14H2,1-2H3,(H,25,28)(H,26,27). The molecule has 31 heavy (non-hydrogen) atoms. The molecular weight excluding hydrogens is 413 g/mol. The lowest BCUT2D eigenvalue weighted by Gasteiger charge is -2.15. The van der Waals surface area contributed by atoms with Crippen LogP contribution in [0.1, 0.15) is 27.4 Å². The van der Waals surface area contributed by atoms with Gasteiger partial charge >= 0.3 is 12.1 Å². The van der Waals surface area contributed by atoms with Crippen molar-refractivity contribution in [1.29, 1.82) is 0 Å². The molecule has 7 heteroatoms. The van der Waals surface area contributed by atoms with Gasteiger partial charge in [0.15, 0.2) is 0 Å². The molecule has 1 amide bonds. The number of carbonyl (C=O) groups is 2. The van der Waals surface area contributed by atoms with Crippen LogP contribution in [0.5, 0.6) is 0 Å². The maximum Gasteiger partial charge on any atom is 0.411 e. The van der Waals surface area contributed by atoms with Crippen LogP contribution in [0.4, 0.5) is 10.5 Å². The van der Waals surface area contributed by atoms with E-state index in [1.807, 2.05) is 36.4 Å². The number of hydrogen-bond acceptors (Lipinski definition) is 4. The average Bonchev–Trinajstić information content (AvgIpc) is 3.05. The number of anilines is 1. The molecule has 0 radical (unpaired) electrons. The molecule has 6 nitrogen and oxygen atoms in total. The van der Waals surface area contributed by atoms with Crippen molar-refractivity contribution in [1.82, 2.24) is 0 Å². The number of aromatic carboxylic acids is 1. The summed E-state index contributed by atoms with van der Waals surface area (Å²) in [5, 5.41) is 12.3. The fourth-order valence-electron chi connectivity index (χ4n) is 3.87. The molecule has 0 atom stereocenters. The number of nitrogens with one attached hydrogen (secondary N) is 1. The predicted octanol–water partition coefficient (Wildman–Crippen LogP) is 4.99. The second-order valence-corrected chi connectivity index (χ2v) is 11.1. The van der Waals surface area contributed by atoms with Crippen molar-refractivity contribution in [2.24, 2.45) is 0 Å². The molecule has 0 bridgehead atoms. The van der Waals surface area contributed by atoms with Crippen LogP contribution in [0.3, 0.4) is 0 Å². The van der Waals surface area contributed by atoms with Crippen molar-refractivity contribution in [3.63, 3.8) is 0 Å². The Morgan fingerprint density at radius 1 is 0.968 bits per heavy atom. The van der Waals surface area contributed by atoms with Crippen LogP contribution < -0.4 is 10.6 Å². The van der Waals surface area contributed by atoms with Gasteiger partial charge in [-0.2, -0.15) is 0 Å². The fraction of sp³-hybridized carbons (Fsp3) is 0.167. The molecule has 3 aromatic rings. The van der Waals surface area contributed by atoms with Crippen molar-refractivity contribution in [3.8, 4) is 11.1 Å². The molecule has 0 fully saturated rings. The maximum absolute atomic E-state index is 12.5. The van der Waals surface area contributed by atoms with E-state index in [9.17, 15) is 19.3 Å². The third kappa shape index (κ3) is 4.25. The van der Waals surface area contributed by atoms with Gasteiger partial charge in [-0.3, -0.25) is 5.32 Å². The summed E-state index contributed by atoms with van der Waals surface area (Å²) in [6.07, 6.45) is -0.697. The molecule has 3 aromatic carbocycles. The molecule has 1 aliphatic rings. The smallest absolute Gasteiger partial charge is 0.411 e. The molecule has 2 N–H and O–H groups in total. The van der Waals surface area contributed by atoms with Gasteiger partial charge in [0.2, 0.25) is 0 Å². The van der Waals surface area contributed by atoms with E-state index in [1.165, 1.54) is 18.2 Å². The highest BCUT2D eigenvalue weighted by Crippen LogP contribution is 2.44. The highest BCUT2D eigenvalue weighted by molar-refractivity contribution is 7.70. The van der Waals surface area contributed by atoms with Crippen molar-refractivity contribution in [2.45, 2.75) is 5.92 Å². The molecule has 0 aliphatic heterocycles. The monoisotopic (exact) mass is 435 g/mol. The van der Waals surface area contributed by atoms with Gasteiger partial charge in [-0.1, -0.05) is 48.5 Å². The molecule has 0 heterocycles. The van der Waals surface area contributed by atoms with Crippen molar-refractivity contribution < 1.29 is 24.0 Å². The normalized spacial score (nSPS) is 12.7. The lowest BCUT2D eigenvalue weighted by molar-refractivity contribution is 0.0697. The summed E-state index contributed by atoms with van der Waals surface area (Å²) < 4.78 is 17.9. The van der Waals surface area contributed by atoms with Gasteiger partial charge < -0.3 is 14.4 Å². The Morgan fingerprint density at radius 2 is 1.55 bits per heavy atom. The number of ether oxygens (including phenoxy) is 1. The first-order chi connectivity index (χ1) is 14.7. The average molecular weight is 435 g/mol. The van der Waals surface area contributed by atoms with Crippen molar-refractivity contribution in [2.75, 3.05) is 25.3 Å². The van der Waals surface area contributed by atoms with E-state index in [0.717, 1.165) is 22.3 Å². The second-order valence-electron chi connectivity index (χ2n) is 7.88. The Morgan fingerprint density at radius 3 is 2.10 bits per heavy atom. The summed E-state index contributed by atoms with van der Waals surface area (Å²) in [5.74, 6) is -1.24. The minimum atomic E-state index is -2.72. The fourth-order valence-corrected chi connectivity index (χ4v) is 4.77. The molecule has 1 aliphatic carbocycles. The number of benzene rings is 3. The van der Waals surface area contributed by atoms with Gasteiger partial charge in [0.1, 0.15) is 13.7 Å². The zero-order chi connectivity index (χ0) is 22.2. The van der Waals surface area contributed by atoms with E-state index in [-0.39, 0.29) is 23.8 Å². The van der Waals surface area contributed by atoms with Crippen LogP contribution in [0.2, 0.25) is 0 Å². The maximum atomic E-state index is 12.5. The Hall–Kier alpha value is -3.37. The molecule has 0 spiro atoms. The first-order valence-electron chi connectivity index (χ1n) is 9.80. The van der Waals surface area contributed by atoms with Crippen molar-refractivity contribution in [3.05, 3.63) is 83.4 Å². The van der Waals surface area contributed by atoms with Crippen molar-refractivity contribution >= 4 is 30.2 Å². The van der Waals surface area contributed by atoms with Crippen LogP contribution in [-0.2, 0) is 9.30 Å². The quantitative estimate of drug-likeness (QED) is 0.551. The number of carboxylic acids is 1. The van der Waals surface area contributed by atoms with Gasteiger partial charge in [0.05, 0.1) is 5.56 Å². The number of carbonyl (C=O) groups excluding carboxylic acids is 1. The molecule has 158 valence electrons. The third-order valence-electron chi connectivity index (χ3n) is 5.38. The number of amides is 1. The number of fused-ring (bicyclic) bond motifs is 3. The predicted molar refractivity (Wildman–Crippen MR) is 121 cm³/mol. The van der Waals surface area contributed by atoms with Crippen LogP contribution in [0.25, 0.3) is 11.1 Å². The van der Waals surface area contributed by atoms with Crippen LogP contribution in [-0.4, -0.2) is 37.1 Å². The summed E-state index contributed by atoms with van der Waals surface area (Å²) in [6, 6.07) is 20.3. The first kappa shape index (κ1) is 20.9. The van der Waals surface area contributed by atoms with Crippen LogP contribution in [0.15, 0.2) is 66.7 Å². The third-order valence-corrected chi connectivity index (χ3v) is 6.88. The largest absolute Gasteiger partial charge is 0.478 e. The molecule has 0 unspecified atom stereocenters. The lowest BCUT2D eigenvalue weighted by Crippen LogP contribution is -2.19. The highest BCUT2D eigenvalue weighted by Gasteiger charge is 2.29. The van der Waals surface area contributed by atoms with E-state index in [4.69, 9.17) is 4.74 Å². The molecule has 4 rings (SSSR count). The van der Waals surface area contributed by atoms with Gasteiger partial charge in [0.25, 0.3) is 0 Å². The Labute approximate surface area is 180 Å². The highest BCUT2D eigenvalue weighted by atomic mass is 31.2. The second kappa shape index (κ2) is 8.05. The Balaban J connectivity index is 1.53. The van der Waals surface area contributed by atoms with Gasteiger partial charge in [0, 0.05) is 16.9 Å². The summed E-state index contributed by atoms with van der Waals surface area (Å²) in [6.45, 7) is 3.24. The topological polar surface area (TPSA) is 92.7 Å². The SMILES string of the molecule is CP(C)(=O)c1cc(NC(=O)OCC2c3ccccc3-c3ccccc32)cc(C(=O)O)c1. The van der Waals surface area contributed by atoms with Gasteiger partial charge in [-0.05, 0) is 53.8 Å².